The molecule has 3 nitrogen and oxygen atoms in total. The van der Waals surface area contributed by atoms with Crippen molar-refractivity contribution in [2.75, 3.05) is 0 Å². The second kappa shape index (κ2) is 3.95. The highest BCUT2D eigenvalue weighted by atomic mass is 32.1. The van der Waals surface area contributed by atoms with Crippen LogP contribution in [-0.4, -0.2) is 28.7 Å². The number of hydrogen-bond donors (Lipinski definition) is 1. The van der Waals surface area contributed by atoms with E-state index in [0.29, 0.717) is 0 Å². The average Bonchev–Trinajstić information content (AvgIpc) is 2.61. The second-order valence-electron chi connectivity index (χ2n) is 2.89. The Hall–Kier alpha value is -1.16. The molecule has 0 amide bonds. The molecule has 1 aromatic rings. The van der Waals surface area contributed by atoms with Gasteiger partial charge in [0.05, 0.1) is 4.88 Å². The molecule has 0 aliphatic carbocycles. The summed E-state index contributed by atoms with van der Waals surface area (Å²) >= 11 is -0.176. The van der Waals surface area contributed by atoms with Gasteiger partial charge in [-0.3, -0.25) is 4.79 Å². The Morgan fingerprint density at radius 1 is 1.18 bits per heavy atom. The number of aliphatic hydroxyl groups is 1. The standard InChI is InChI=1S/C7H3F6NO2S/c8-6(9,10)5(16,7(11,12)13)3-1-14-4(2-15)17-3/h1-2,16H. The predicted octanol–water partition coefficient (Wildman–Crippen LogP) is 2.27. The van der Waals surface area contributed by atoms with E-state index in [1.165, 1.54) is 0 Å². The Balaban J connectivity index is 3.40. The van der Waals surface area contributed by atoms with Crippen LogP contribution in [0.4, 0.5) is 26.3 Å². The summed E-state index contributed by atoms with van der Waals surface area (Å²) < 4.78 is 73.9. The molecule has 0 fully saturated rings. The molecule has 0 saturated carbocycles. The van der Waals surface area contributed by atoms with Gasteiger partial charge in [-0.05, 0) is 0 Å². The summed E-state index contributed by atoms with van der Waals surface area (Å²) in [7, 11) is 0. The molecule has 0 aliphatic heterocycles. The van der Waals surface area contributed by atoms with Gasteiger partial charge in [-0.2, -0.15) is 26.3 Å². The van der Waals surface area contributed by atoms with Crippen molar-refractivity contribution < 1.29 is 36.2 Å². The lowest BCUT2D eigenvalue weighted by molar-refractivity contribution is -0.375. The normalized spacial score (nSPS) is 13.8. The van der Waals surface area contributed by atoms with Gasteiger partial charge in [0.15, 0.2) is 11.3 Å². The van der Waals surface area contributed by atoms with E-state index in [4.69, 9.17) is 5.11 Å². The van der Waals surface area contributed by atoms with E-state index in [1.807, 2.05) is 0 Å². The van der Waals surface area contributed by atoms with Crippen molar-refractivity contribution >= 4 is 17.6 Å². The van der Waals surface area contributed by atoms with Crippen LogP contribution >= 0.6 is 11.3 Å². The molecule has 0 unspecified atom stereocenters. The van der Waals surface area contributed by atoms with E-state index in [2.05, 4.69) is 4.98 Å². The number of nitrogens with zero attached hydrogens (tertiary/aromatic N) is 1. The van der Waals surface area contributed by atoms with Gasteiger partial charge in [0.1, 0.15) is 0 Å². The summed E-state index contributed by atoms with van der Waals surface area (Å²) in [6.07, 6.45) is -11.8. The molecule has 0 spiro atoms. The molecule has 1 heterocycles. The van der Waals surface area contributed by atoms with Gasteiger partial charge >= 0.3 is 12.4 Å². The van der Waals surface area contributed by atoms with Crippen LogP contribution in [0.15, 0.2) is 6.20 Å². The van der Waals surface area contributed by atoms with Crippen LogP contribution in [0.2, 0.25) is 0 Å². The highest BCUT2D eigenvalue weighted by Gasteiger charge is 2.72. The number of alkyl halides is 6. The van der Waals surface area contributed by atoms with E-state index in [9.17, 15) is 31.1 Å². The zero-order valence-electron chi connectivity index (χ0n) is 7.63. The first-order valence-corrected chi connectivity index (χ1v) is 4.63. The molecule has 0 bridgehead atoms. The van der Waals surface area contributed by atoms with Gasteiger partial charge in [-0.15, -0.1) is 11.3 Å². The van der Waals surface area contributed by atoms with Crippen molar-refractivity contribution in [2.24, 2.45) is 0 Å². The van der Waals surface area contributed by atoms with Crippen LogP contribution in [0.1, 0.15) is 14.7 Å². The number of aldehydes is 1. The van der Waals surface area contributed by atoms with E-state index in [0.717, 1.165) is 0 Å². The number of aromatic nitrogens is 1. The van der Waals surface area contributed by atoms with Gasteiger partial charge in [0.25, 0.3) is 5.60 Å². The number of halogens is 6. The third-order valence-electron chi connectivity index (χ3n) is 1.80. The minimum atomic E-state index is -5.96. The largest absolute Gasteiger partial charge is 0.431 e. The quantitative estimate of drug-likeness (QED) is 0.667. The van der Waals surface area contributed by atoms with Gasteiger partial charge in [0.2, 0.25) is 0 Å². The van der Waals surface area contributed by atoms with Crippen LogP contribution in [0, 0.1) is 0 Å². The maximum Gasteiger partial charge on any atom is 0.431 e. The lowest BCUT2D eigenvalue weighted by Gasteiger charge is -2.30. The van der Waals surface area contributed by atoms with Gasteiger partial charge < -0.3 is 5.11 Å². The van der Waals surface area contributed by atoms with Crippen LogP contribution in [0.25, 0.3) is 0 Å². The Morgan fingerprint density at radius 2 is 1.65 bits per heavy atom. The summed E-state index contributed by atoms with van der Waals surface area (Å²) in [5.74, 6) is 0. The van der Waals surface area contributed by atoms with E-state index >= 15 is 0 Å². The molecule has 1 N–H and O–H groups in total. The molecule has 17 heavy (non-hydrogen) atoms. The Bertz CT molecular complexity index is 409. The Morgan fingerprint density at radius 3 is 1.94 bits per heavy atom. The first kappa shape index (κ1) is 13.9. The first-order valence-electron chi connectivity index (χ1n) is 3.81. The van der Waals surface area contributed by atoms with E-state index in [1.54, 1.807) is 0 Å². The van der Waals surface area contributed by atoms with Crippen LogP contribution in [-0.2, 0) is 5.60 Å². The highest BCUT2D eigenvalue weighted by molar-refractivity contribution is 7.13. The van der Waals surface area contributed by atoms with Crippen molar-refractivity contribution in [1.82, 2.24) is 4.98 Å². The summed E-state index contributed by atoms with van der Waals surface area (Å²) in [5, 5.41) is 8.28. The lowest BCUT2D eigenvalue weighted by Crippen LogP contribution is -2.53. The first-order chi connectivity index (χ1) is 7.54. The third-order valence-corrected chi connectivity index (χ3v) is 2.83. The summed E-state index contributed by atoms with van der Waals surface area (Å²) in [5.41, 5.74) is -5.01. The van der Waals surface area contributed by atoms with Crippen molar-refractivity contribution in [1.29, 1.82) is 0 Å². The maximum absolute atomic E-state index is 12.3. The maximum atomic E-state index is 12.3. The molecular weight excluding hydrogens is 276 g/mol. The number of carbonyl (C=O) groups is 1. The molecule has 96 valence electrons. The highest BCUT2D eigenvalue weighted by Crippen LogP contribution is 2.51. The smallest absolute Gasteiger partial charge is 0.369 e. The predicted molar refractivity (Wildman–Crippen MR) is 43.5 cm³/mol. The van der Waals surface area contributed by atoms with Gasteiger partial charge in [0, 0.05) is 6.20 Å². The fraction of sp³-hybridized carbons (Fsp3) is 0.429. The van der Waals surface area contributed by atoms with E-state index in [-0.39, 0.29) is 23.8 Å². The van der Waals surface area contributed by atoms with Crippen molar-refractivity contribution in [2.45, 2.75) is 18.0 Å². The molecule has 0 atom stereocenters. The van der Waals surface area contributed by atoms with Gasteiger partial charge in [-0.1, -0.05) is 0 Å². The lowest BCUT2D eigenvalue weighted by atomic mass is 10.0. The second-order valence-corrected chi connectivity index (χ2v) is 3.95. The molecule has 1 rings (SSSR count). The zero-order valence-corrected chi connectivity index (χ0v) is 8.45. The number of carbonyl (C=O) groups excluding carboxylic acids is 1. The fourth-order valence-corrected chi connectivity index (χ4v) is 1.81. The molecular formula is C7H3F6NO2S. The number of rotatable bonds is 2. The van der Waals surface area contributed by atoms with E-state index < -0.39 is 27.8 Å². The van der Waals surface area contributed by atoms with Crippen molar-refractivity contribution in [3.05, 3.63) is 16.1 Å². The summed E-state index contributed by atoms with van der Waals surface area (Å²) in [4.78, 5) is 11.7. The molecule has 10 heteroatoms. The van der Waals surface area contributed by atoms with Crippen LogP contribution in [0.3, 0.4) is 0 Å². The van der Waals surface area contributed by atoms with Gasteiger partial charge in [-0.25, -0.2) is 4.98 Å². The van der Waals surface area contributed by atoms with Crippen molar-refractivity contribution in [3.63, 3.8) is 0 Å². The third kappa shape index (κ3) is 2.14. The number of thiazole rings is 1. The Labute approximate surface area is 93.7 Å². The molecule has 1 aromatic heterocycles. The Kier molecular flexibility index (Phi) is 3.23. The van der Waals surface area contributed by atoms with Crippen molar-refractivity contribution in [3.8, 4) is 0 Å². The zero-order chi connectivity index (χ0) is 13.5. The monoisotopic (exact) mass is 279 g/mol. The average molecular weight is 279 g/mol. The SMILES string of the molecule is O=Cc1ncc(C(O)(C(F)(F)F)C(F)(F)F)s1. The van der Waals surface area contributed by atoms with Crippen LogP contribution < -0.4 is 0 Å². The summed E-state index contributed by atoms with van der Waals surface area (Å²) in [6, 6.07) is 0. The summed E-state index contributed by atoms with van der Waals surface area (Å²) in [6.45, 7) is 0. The minimum Gasteiger partial charge on any atom is -0.369 e. The molecule has 0 aliphatic rings. The minimum absolute atomic E-state index is 0.0126. The fourth-order valence-electron chi connectivity index (χ4n) is 0.949. The molecule has 0 aromatic carbocycles. The molecule has 0 radical (unpaired) electrons. The molecule has 0 saturated heterocycles. The topological polar surface area (TPSA) is 50.2 Å². The number of hydrogen-bond acceptors (Lipinski definition) is 4. The van der Waals surface area contributed by atoms with Crippen LogP contribution in [0.5, 0.6) is 0 Å².